The molecule has 1 unspecified atom stereocenters. The molecule has 4 heterocycles. The number of anilines is 2. The van der Waals surface area contributed by atoms with Crippen LogP contribution in [-0.2, 0) is 14.3 Å². The molecule has 0 radical (unpaired) electrons. The van der Waals surface area contributed by atoms with Crippen molar-refractivity contribution in [2.75, 3.05) is 90.6 Å². The molecule has 0 bridgehead atoms. The van der Waals surface area contributed by atoms with Crippen molar-refractivity contribution < 1.29 is 42.8 Å². The predicted molar refractivity (Wildman–Crippen MR) is 268 cm³/mol. The van der Waals surface area contributed by atoms with Gasteiger partial charge in [0.2, 0.25) is 0 Å². The fourth-order valence-electron chi connectivity index (χ4n) is 7.19. The molecule has 2 N–H and O–H groups in total. The van der Waals surface area contributed by atoms with Crippen molar-refractivity contribution in [1.82, 2.24) is 25.5 Å². The van der Waals surface area contributed by atoms with Gasteiger partial charge in [0, 0.05) is 98.5 Å². The van der Waals surface area contributed by atoms with Gasteiger partial charge in [-0.25, -0.2) is 9.59 Å². The Morgan fingerprint density at radius 2 is 1.00 bits per heavy atom. The van der Waals surface area contributed by atoms with E-state index in [0.29, 0.717) is 18.0 Å². The number of piperidine rings is 1. The molecule has 16 heteroatoms. The highest BCUT2D eigenvalue weighted by molar-refractivity contribution is 5.95. The Morgan fingerprint density at radius 1 is 0.606 bits per heavy atom. The van der Waals surface area contributed by atoms with Gasteiger partial charge in [-0.1, -0.05) is 22.3 Å². The van der Waals surface area contributed by atoms with E-state index in [1.54, 1.807) is 49.2 Å². The van der Waals surface area contributed by atoms with Crippen LogP contribution in [0, 0.1) is 0 Å². The van der Waals surface area contributed by atoms with Gasteiger partial charge in [-0.2, -0.15) is 0 Å². The number of pyridine rings is 2. The molecule has 16 nitrogen and oxygen atoms in total. The Labute approximate surface area is 395 Å². The average Bonchev–Trinajstić information content (AvgIpc) is 3.25. The maximum absolute atomic E-state index is 11.9. The third-order valence-corrected chi connectivity index (χ3v) is 10.2. The number of nitrogens with zero attached hydrogens (tertiary/aromatic N) is 5. The number of fused-ring (bicyclic) bond motifs is 2. The van der Waals surface area contributed by atoms with Crippen LogP contribution in [0.15, 0.2) is 48.8 Å². The molecule has 66 heavy (non-hydrogen) atoms. The van der Waals surface area contributed by atoms with E-state index in [1.165, 1.54) is 31.9 Å². The Bertz CT molecular complexity index is 2120. The quantitative estimate of drug-likeness (QED) is 0.146. The lowest BCUT2D eigenvalue weighted by molar-refractivity contribution is -0.116. The van der Waals surface area contributed by atoms with Crippen LogP contribution < -0.4 is 39.4 Å². The van der Waals surface area contributed by atoms with Gasteiger partial charge in [-0.3, -0.25) is 19.7 Å². The van der Waals surface area contributed by atoms with Gasteiger partial charge in [0.15, 0.2) is 23.0 Å². The zero-order valence-electron chi connectivity index (χ0n) is 39.4. The number of aromatic nitrogens is 2. The standard InChI is InChI=1S/C23H34N4O4.C16H20N2O2.C8H15NO3.3CH4/c1-16(15-25-22(28)31-23(2,3)4)26-9-11-27(12-10-26)19-7-8-24-18-14-21(30-6)20(29-5)13-17(18)19;1-19-15-10-12-13(11-16(15)20-2)17-7-6-14(12)18-8-4-3-5-9-18;1-6(10)5-9-7(11)12-8(2,3)4;;;/h7-8,13-14,16H,9-12,15H2,1-6H3,(H,25,28);6-7,10-11H,3-5,8-9H2,1-2H3;5H2,1-4H3,(H,9,11);3*1H4. The average molecular weight is 924 g/mol. The number of carbonyl (C=O) groups is 3. The summed E-state index contributed by atoms with van der Waals surface area (Å²) in [5.41, 5.74) is 3.22. The van der Waals surface area contributed by atoms with Crippen LogP contribution in [0.4, 0.5) is 21.0 Å². The SMILES string of the molecule is C.C.C.CC(=O)CNC(=O)OC(C)(C)C.COc1cc2nccc(N3CCCCC3)c2cc1OC.COc1cc2nccc(N3CCN(C(C)CNC(=O)OC(C)(C)C)CC3)c2cc1OC. The number of amides is 2. The fourth-order valence-corrected chi connectivity index (χ4v) is 7.19. The summed E-state index contributed by atoms with van der Waals surface area (Å²) in [6, 6.07) is 12.3. The molecule has 0 aliphatic carbocycles. The number of alkyl carbamates (subject to hydrolysis) is 2. The number of benzene rings is 2. The van der Waals surface area contributed by atoms with E-state index in [-0.39, 0.29) is 46.7 Å². The second kappa shape index (κ2) is 27.0. The molecule has 4 aromatic rings. The van der Waals surface area contributed by atoms with Crippen LogP contribution in [0.25, 0.3) is 21.8 Å². The Hall–Kier alpha value is -5.77. The zero-order chi connectivity index (χ0) is 46.3. The van der Waals surface area contributed by atoms with E-state index in [0.717, 1.165) is 78.3 Å². The molecule has 2 saturated heterocycles. The lowest BCUT2D eigenvalue weighted by atomic mass is 10.1. The largest absolute Gasteiger partial charge is 0.493 e. The van der Waals surface area contributed by atoms with Crippen LogP contribution in [0.5, 0.6) is 23.0 Å². The second-order valence-electron chi connectivity index (χ2n) is 17.5. The van der Waals surface area contributed by atoms with Crippen LogP contribution in [0.1, 0.15) is 96.9 Å². The fraction of sp³-hybridized carbons (Fsp3) is 0.580. The van der Waals surface area contributed by atoms with Crippen LogP contribution >= 0.6 is 0 Å². The smallest absolute Gasteiger partial charge is 0.408 e. The van der Waals surface area contributed by atoms with Gasteiger partial charge in [0.05, 0.1) is 46.0 Å². The van der Waals surface area contributed by atoms with E-state index >= 15 is 0 Å². The number of ketones is 1. The second-order valence-corrected chi connectivity index (χ2v) is 17.5. The van der Waals surface area contributed by atoms with Gasteiger partial charge in [0.25, 0.3) is 0 Å². The molecule has 2 aromatic carbocycles. The topological polar surface area (TPSA) is 166 Å². The molecular weight excluding hydrogens is 843 g/mol. The van der Waals surface area contributed by atoms with E-state index < -0.39 is 17.3 Å². The van der Waals surface area contributed by atoms with Crippen molar-refractivity contribution in [2.45, 2.75) is 114 Å². The number of methoxy groups -OCH3 is 4. The van der Waals surface area contributed by atoms with E-state index in [4.69, 9.17) is 28.4 Å². The zero-order valence-corrected chi connectivity index (χ0v) is 39.4. The van der Waals surface area contributed by atoms with Crippen molar-refractivity contribution >= 4 is 51.2 Å². The number of carbonyl (C=O) groups excluding carboxylic acids is 3. The molecule has 1 atom stereocenters. The van der Waals surface area contributed by atoms with Crippen molar-refractivity contribution in [2.24, 2.45) is 0 Å². The van der Waals surface area contributed by atoms with Gasteiger partial charge in [-0.05, 0) is 98.9 Å². The molecule has 0 spiro atoms. The summed E-state index contributed by atoms with van der Waals surface area (Å²) in [4.78, 5) is 49.4. The highest BCUT2D eigenvalue weighted by atomic mass is 16.6. The summed E-state index contributed by atoms with van der Waals surface area (Å²) in [5, 5.41) is 7.39. The minimum absolute atomic E-state index is 0. The maximum Gasteiger partial charge on any atom is 0.408 e. The first-order valence-electron chi connectivity index (χ1n) is 21.5. The molecule has 0 saturated carbocycles. The lowest BCUT2D eigenvalue weighted by Crippen LogP contribution is -2.52. The van der Waals surface area contributed by atoms with E-state index in [2.05, 4.69) is 54.4 Å². The first-order chi connectivity index (χ1) is 29.9. The highest BCUT2D eigenvalue weighted by Gasteiger charge is 2.25. The van der Waals surface area contributed by atoms with Gasteiger partial charge >= 0.3 is 12.2 Å². The molecule has 2 fully saturated rings. The molecule has 370 valence electrons. The highest BCUT2D eigenvalue weighted by Crippen LogP contribution is 2.37. The molecule has 2 aromatic heterocycles. The van der Waals surface area contributed by atoms with Crippen molar-refractivity contribution in [1.29, 1.82) is 0 Å². The minimum atomic E-state index is -0.558. The molecule has 2 aliphatic heterocycles. The summed E-state index contributed by atoms with van der Waals surface area (Å²) in [6.07, 6.45) is 6.63. The number of Topliss-reactive ketones (excluding diaryl/α,β-unsaturated/α-hetero) is 1. The summed E-state index contributed by atoms with van der Waals surface area (Å²) in [5.74, 6) is 2.76. The first-order valence-corrected chi connectivity index (χ1v) is 21.5. The number of piperazine rings is 1. The van der Waals surface area contributed by atoms with Crippen LogP contribution in [-0.4, -0.2) is 131 Å². The summed E-state index contributed by atoms with van der Waals surface area (Å²) in [7, 11) is 6.59. The van der Waals surface area contributed by atoms with E-state index in [9.17, 15) is 14.4 Å². The number of hydrogen-bond donors (Lipinski definition) is 2. The number of hydrogen-bond acceptors (Lipinski definition) is 14. The van der Waals surface area contributed by atoms with Gasteiger partial charge in [0.1, 0.15) is 17.0 Å². The van der Waals surface area contributed by atoms with Crippen molar-refractivity contribution in [3.8, 4) is 23.0 Å². The minimum Gasteiger partial charge on any atom is -0.493 e. The first kappa shape index (κ1) is 58.2. The maximum atomic E-state index is 11.9. The molecular formula is C50H81N7O9. The normalized spacial score (nSPS) is 14.2. The van der Waals surface area contributed by atoms with E-state index in [1.807, 2.05) is 57.4 Å². The third kappa shape index (κ3) is 17.6. The summed E-state index contributed by atoms with van der Waals surface area (Å²) >= 11 is 0. The molecule has 2 aliphatic rings. The van der Waals surface area contributed by atoms with Gasteiger partial charge in [-0.15, -0.1) is 0 Å². The third-order valence-electron chi connectivity index (χ3n) is 10.2. The molecule has 2 amide bonds. The van der Waals surface area contributed by atoms with Gasteiger partial charge < -0.3 is 48.9 Å². The lowest BCUT2D eigenvalue weighted by Gasteiger charge is -2.39. The summed E-state index contributed by atoms with van der Waals surface area (Å²) < 4.78 is 31.9. The number of nitrogens with one attached hydrogen (secondary N) is 2. The Balaban J connectivity index is 0.000000536. The molecule has 6 rings (SSSR count). The van der Waals surface area contributed by atoms with Crippen molar-refractivity contribution in [3.63, 3.8) is 0 Å². The Kier molecular flexibility index (Phi) is 23.8. The van der Waals surface area contributed by atoms with Crippen molar-refractivity contribution in [3.05, 3.63) is 48.8 Å². The number of ether oxygens (including phenoxy) is 6. The van der Waals surface area contributed by atoms with Crippen LogP contribution in [0.2, 0.25) is 0 Å². The number of rotatable bonds is 11. The summed E-state index contributed by atoms with van der Waals surface area (Å²) in [6.45, 7) is 20.8. The van der Waals surface area contributed by atoms with Crippen LogP contribution in [0.3, 0.4) is 0 Å². The monoisotopic (exact) mass is 924 g/mol. The Morgan fingerprint density at radius 3 is 1.39 bits per heavy atom. The predicted octanol–water partition coefficient (Wildman–Crippen LogP) is 9.54.